The van der Waals surface area contributed by atoms with Gasteiger partial charge in [-0.3, -0.25) is 10.1 Å². The third-order valence-electron chi connectivity index (χ3n) is 5.29. The van der Waals surface area contributed by atoms with Crippen molar-refractivity contribution in [2.24, 2.45) is 0 Å². The summed E-state index contributed by atoms with van der Waals surface area (Å²) in [6, 6.07) is 21.0. The molecule has 1 saturated heterocycles. The van der Waals surface area contributed by atoms with Crippen LogP contribution in [0.3, 0.4) is 0 Å². The van der Waals surface area contributed by atoms with Crippen LogP contribution in [0.1, 0.15) is 10.4 Å². The van der Waals surface area contributed by atoms with E-state index in [0.717, 1.165) is 0 Å². The molecule has 8 nitrogen and oxygen atoms in total. The van der Waals surface area contributed by atoms with Crippen LogP contribution in [0.5, 0.6) is 11.5 Å². The van der Waals surface area contributed by atoms with E-state index in [2.05, 4.69) is 10.3 Å². The fraction of sp³-hybridized carbons (Fsp3) is 0.167. The number of nitrogens with zero attached hydrogens (tertiary/aromatic N) is 2. The number of carbonyl (C=O) groups excluding carboxylic acids is 1. The summed E-state index contributed by atoms with van der Waals surface area (Å²) in [6.07, 6.45) is 0. The molecule has 4 aromatic rings. The molecule has 1 aliphatic heterocycles. The number of nitrogens with one attached hydrogen (secondary N) is 1. The minimum atomic E-state index is -3.62. The van der Waals surface area contributed by atoms with Gasteiger partial charge in [0, 0.05) is 13.1 Å². The normalized spacial score (nSPS) is 14.7. The number of sulfonamides is 1. The van der Waals surface area contributed by atoms with Gasteiger partial charge in [0.2, 0.25) is 10.0 Å². The highest BCUT2D eigenvalue weighted by molar-refractivity contribution is 7.89. The van der Waals surface area contributed by atoms with Gasteiger partial charge in [-0.25, -0.2) is 13.4 Å². The lowest BCUT2D eigenvalue weighted by molar-refractivity contribution is 0.0730. The molecule has 0 bridgehead atoms. The summed E-state index contributed by atoms with van der Waals surface area (Å²) < 4.78 is 39.1. The molecule has 1 aliphatic rings. The largest absolute Gasteiger partial charge is 0.457 e. The van der Waals surface area contributed by atoms with E-state index in [-0.39, 0.29) is 10.8 Å². The maximum absolute atomic E-state index is 13.0. The van der Waals surface area contributed by atoms with Gasteiger partial charge in [-0.05, 0) is 42.5 Å². The lowest BCUT2D eigenvalue weighted by atomic mass is 10.2. The summed E-state index contributed by atoms with van der Waals surface area (Å²) >= 11 is 1.22. The van der Waals surface area contributed by atoms with Crippen LogP contribution in [-0.2, 0) is 14.8 Å². The fourth-order valence-electron chi connectivity index (χ4n) is 3.58. The number of hydrogen-bond acceptors (Lipinski definition) is 7. The zero-order valence-corrected chi connectivity index (χ0v) is 19.6. The first kappa shape index (κ1) is 22.5. The smallest absolute Gasteiger partial charge is 0.261 e. The summed E-state index contributed by atoms with van der Waals surface area (Å²) in [6.45, 7) is 1.42. The molecule has 10 heteroatoms. The Labute approximate surface area is 200 Å². The highest BCUT2D eigenvalue weighted by atomic mass is 32.2. The maximum Gasteiger partial charge on any atom is 0.261 e. The van der Waals surface area contributed by atoms with E-state index in [4.69, 9.17) is 9.47 Å². The number of anilines is 1. The Hall–Kier alpha value is -3.31. The van der Waals surface area contributed by atoms with Crippen LogP contribution >= 0.6 is 11.3 Å². The molecule has 1 fully saturated rings. The van der Waals surface area contributed by atoms with Crippen molar-refractivity contribution in [1.29, 1.82) is 0 Å². The molecule has 0 radical (unpaired) electrons. The second-order valence-electron chi connectivity index (χ2n) is 7.53. The number of ether oxygens (including phenoxy) is 2. The number of morpholine rings is 1. The van der Waals surface area contributed by atoms with Gasteiger partial charge in [0.05, 0.1) is 33.9 Å². The highest BCUT2D eigenvalue weighted by Crippen LogP contribution is 2.31. The number of hydrogen-bond donors (Lipinski definition) is 1. The van der Waals surface area contributed by atoms with Crippen LogP contribution in [0.25, 0.3) is 10.2 Å². The summed E-state index contributed by atoms with van der Waals surface area (Å²) in [5, 5.41) is 3.18. The predicted molar refractivity (Wildman–Crippen MR) is 130 cm³/mol. The van der Waals surface area contributed by atoms with Crippen molar-refractivity contribution in [3.63, 3.8) is 0 Å². The van der Waals surface area contributed by atoms with Crippen LogP contribution in [0.4, 0.5) is 5.13 Å². The topological polar surface area (TPSA) is 97.8 Å². The minimum Gasteiger partial charge on any atom is -0.457 e. The number of amides is 1. The summed E-state index contributed by atoms with van der Waals surface area (Å²) in [5.74, 6) is 0.676. The SMILES string of the molecule is O=C(Nc1nc2ccc(S(=O)(=O)N3CCOCC3)cc2s1)c1ccccc1Oc1ccccc1. The number of aromatic nitrogens is 1. The van der Waals surface area contributed by atoms with E-state index in [1.165, 1.54) is 15.6 Å². The van der Waals surface area contributed by atoms with Crippen LogP contribution < -0.4 is 10.1 Å². The number of thiazole rings is 1. The van der Waals surface area contributed by atoms with E-state index in [9.17, 15) is 13.2 Å². The second-order valence-corrected chi connectivity index (χ2v) is 10.5. The van der Waals surface area contributed by atoms with E-state index < -0.39 is 10.0 Å². The zero-order valence-electron chi connectivity index (χ0n) is 18.0. The molecule has 2 heterocycles. The number of carbonyl (C=O) groups is 1. The van der Waals surface area contributed by atoms with E-state index in [0.29, 0.717) is 58.7 Å². The van der Waals surface area contributed by atoms with Gasteiger partial charge in [0.25, 0.3) is 5.91 Å². The number of fused-ring (bicyclic) bond motifs is 1. The van der Waals surface area contributed by atoms with Gasteiger partial charge >= 0.3 is 0 Å². The molecule has 1 amide bonds. The molecule has 0 aliphatic carbocycles. The monoisotopic (exact) mass is 495 g/mol. The van der Waals surface area contributed by atoms with Gasteiger partial charge in [-0.15, -0.1) is 0 Å². The molecule has 174 valence electrons. The van der Waals surface area contributed by atoms with Crippen LogP contribution in [0.2, 0.25) is 0 Å². The van der Waals surface area contributed by atoms with Crippen molar-refractivity contribution in [3.05, 3.63) is 78.4 Å². The van der Waals surface area contributed by atoms with Crippen molar-refractivity contribution in [1.82, 2.24) is 9.29 Å². The molecule has 0 spiro atoms. The summed E-state index contributed by atoms with van der Waals surface area (Å²) in [5.41, 5.74) is 0.969. The number of benzene rings is 3. The van der Waals surface area contributed by atoms with Gasteiger partial charge in [-0.1, -0.05) is 41.7 Å². The second kappa shape index (κ2) is 9.51. The molecule has 5 rings (SSSR count). The molecule has 3 aromatic carbocycles. The molecule has 0 saturated carbocycles. The third-order valence-corrected chi connectivity index (χ3v) is 8.12. The average molecular weight is 496 g/mol. The maximum atomic E-state index is 13.0. The van der Waals surface area contributed by atoms with Crippen molar-refractivity contribution in [3.8, 4) is 11.5 Å². The first-order valence-electron chi connectivity index (χ1n) is 10.6. The first-order chi connectivity index (χ1) is 16.5. The van der Waals surface area contributed by atoms with Crippen molar-refractivity contribution < 1.29 is 22.7 Å². The number of rotatable bonds is 6. The molecule has 0 unspecified atom stereocenters. The Kier molecular flexibility index (Phi) is 6.29. The van der Waals surface area contributed by atoms with Gasteiger partial charge < -0.3 is 9.47 Å². The lowest BCUT2D eigenvalue weighted by Gasteiger charge is -2.25. The molecule has 34 heavy (non-hydrogen) atoms. The zero-order chi connectivity index (χ0) is 23.5. The van der Waals surface area contributed by atoms with E-state index >= 15 is 0 Å². The molecule has 0 atom stereocenters. The van der Waals surface area contributed by atoms with Gasteiger partial charge in [-0.2, -0.15) is 4.31 Å². The Balaban J connectivity index is 1.37. The van der Waals surface area contributed by atoms with Crippen LogP contribution in [0, 0.1) is 0 Å². The predicted octanol–water partition coefficient (Wildman–Crippen LogP) is 4.36. The molecule has 1 N–H and O–H groups in total. The summed E-state index contributed by atoms with van der Waals surface area (Å²) in [7, 11) is -3.62. The summed E-state index contributed by atoms with van der Waals surface area (Å²) in [4.78, 5) is 17.6. The van der Waals surface area contributed by atoms with Crippen molar-refractivity contribution in [2.45, 2.75) is 4.90 Å². The van der Waals surface area contributed by atoms with Crippen molar-refractivity contribution in [2.75, 3.05) is 31.6 Å². The average Bonchev–Trinajstić information content (AvgIpc) is 3.27. The Morgan fingerprint density at radius 1 is 1.00 bits per heavy atom. The Morgan fingerprint density at radius 2 is 1.74 bits per heavy atom. The lowest BCUT2D eigenvalue weighted by Crippen LogP contribution is -2.40. The van der Waals surface area contributed by atoms with Gasteiger partial charge in [0.1, 0.15) is 11.5 Å². The van der Waals surface area contributed by atoms with Gasteiger partial charge in [0.15, 0.2) is 5.13 Å². The minimum absolute atomic E-state index is 0.199. The van der Waals surface area contributed by atoms with Crippen molar-refractivity contribution >= 4 is 42.6 Å². The Bertz CT molecular complexity index is 1430. The molecular formula is C24H21N3O5S2. The van der Waals surface area contributed by atoms with Crippen LogP contribution in [0.15, 0.2) is 77.7 Å². The van der Waals surface area contributed by atoms with E-state index in [1.54, 1.807) is 42.5 Å². The molecular weight excluding hydrogens is 474 g/mol. The fourth-order valence-corrected chi connectivity index (χ4v) is 5.99. The van der Waals surface area contributed by atoms with E-state index in [1.807, 2.05) is 30.3 Å². The quantitative estimate of drug-likeness (QED) is 0.427. The molecule has 1 aromatic heterocycles. The number of para-hydroxylation sites is 2. The third kappa shape index (κ3) is 4.66. The highest BCUT2D eigenvalue weighted by Gasteiger charge is 2.27. The Morgan fingerprint density at radius 3 is 2.53 bits per heavy atom. The first-order valence-corrected chi connectivity index (χ1v) is 12.9. The van der Waals surface area contributed by atoms with Crippen LogP contribution in [-0.4, -0.2) is 49.9 Å². The standard InChI is InChI=1S/C24H21N3O5S2/c28-23(19-8-4-5-9-21(19)32-17-6-2-1-3-7-17)26-24-25-20-11-10-18(16-22(20)33-24)34(29,30)27-12-14-31-15-13-27/h1-11,16H,12-15H2,(H,25,26,28).